The van der Waals surface area contributed by atoms with Crippen LogP contribution >= 0.6 is 0 Å². The maximum absolute atomic E-state index is 12.7. The zero-order valence-corrected chi connectivity index (χ0v) is 18.4. The number of hydrogen-bond donors (Lipinski definition) is 2. The van der Waals surface area contributed by atoms with E-state index < -0.39 is 11.7 Å². The third-order valence-electron chi connectivity index (χ3n) is 5.83. The average molecular weight is 442 g/mol. The van der Waals surface area contributed by atoms with Crippen molar-refractivity contribution in [3.05, 3.63) is 35.4 Å². The summed E-state index contributed by atoms with van der Waals surface area (Å²) < 4.78 is 43.6. The normalized spacial score (nSPS) is 22.5. The Morgan fingerprint density at radius 2 is 1.90 bits per heavy atom. The van der Waals surface area contributed by atoms with Crippen molar-refractivity contribution in [1.82, 2.24) is 20.4 Å². The first-order chi connectivity index (χ1) is 14.8. The van der Waals surface area contributed by atoms with E-state index in [2.05, 4.69) is 27.4 Å². The molecule has 2 heterocycles. The van der Waals surface area contributed by atoms with Gasteiger partial charge in [-0.25, -0.2) is 0 Å². The fourth-order valence-electron chi connectivity index (χ4n) is 4.02. The molecule has 6 nitrogen and oxygen atoms in total. The first-order valence-corrected chi connectivity index (χ1v) is 11.1. The molecule has 2 N–H and O–H groups in total. The van der Waals surface area contributed by atoms with Crippen molar-refractivity contribution in [3.8, 4) is 0 Å². The Hall–Kier alpha value is -1.84. The monoisotopic (exact) mass is 441 g/mol. The molecule has 0 aromatic heterocycles. The highest BCUT2D eigenvalue weighted by Crippen LogP contribution is 2.29. The molecular formula is C22H34F3N5O. The molecule has 0 saturated carbocycles. The highest BCUT2D eigenvalue weighted by Gasteiger charge is 2.30. The lowest BCUT2D eigenvalue weighted by molar-refractivity contribution is -0.137. The first-order valence-electron chi connectivity index (χ1n) is 11.1. The second-order valence-corrected chi connectivity index (χ2v) is 8.28. The Balaban J connectivity index is 1.48. The predicted molar refractivity (Wildman–Crippen MR) is 116 cm³/mol. The second-order valence-electron chi connectivity index (χ2n) is 8.28. The van der Waals surface area contributed by atoms with Crippen molar-refractivity contribution >= 4 is 5.96 Å². The number of guanidine groups is 1. The number of morpholine rings is 1. The fraction of sp³-hybridized carbons (Fsp3) is 0.682. The van der Waals surface area contributed by atoms with Crippen LogP contribution in [0.3, 0.4) is 0 Å². The maximum Gasteiger partial charge on any atom is 0.416 e. The van der Waals surface area contributed by atoms with E-state index in [0.29, 0.717) is 12.6 Å². The quantitative estimate of drug-likeness (QED) is 0.503. The van der Waals surface area contributed by atoms with Crippen molar-refractivity contribution in [2.45, 2.75) is 45.1 Å². The minimum atomic E-state index is -4.29. The number of likely N-dealkylation sites (tertiary alicyclic amines) is 1. The Kier molecular flexibility index (Phi) is 8.57. The molecule has 2 aliphatic rings. The fourth-order valence-corrected chi connectivity index (χ4v) is 4.02. The Morgan fingerprint density at radius 1 is 1.19 bits per heavy atom. The molecule has 31 heavy (non-hydrogen) atoms. The smallest absolute Gasteiger partial charge is 0.379 e. The van der Waals surface area contributed by atoms with Crippen molar-refractivity contribution in [2.24, 2.45) is 4.99 Å². The van der Waals surface area contributed by atoms with E-state index in [4.69, 9.17) is 9.73 Å². The summed E-state index contributed by atoms with van der Waals surface area (Å²) in [4.78, 5) is 9.45. The number of alkyl halides is 3. The molecule has 2 fully saturated rings. The molecular weight excluding hydrogens is 407 g/mol. The van der Waals surface area contributed by atoms with Crippen LogP contribution in [0.2, 0.25) is 0 Å². The number of ether oxygens (including phenoxy) is 1. The molecule has 2 aliphatic heterocycles. The van der Waals surface area contributed by atoms with Gasteiger partial charge in [0.15, 0.2) is 5.96 Å². The van der Waals surface area contributed by atoms with Gasteiger partial charge in [-0.05, 0) is 38.0 Å². The number of nitrogens with zero attached hydrogens (tertiary/aromatic N) is 3. The van der Waals surface area contributed by atoms with Gasteiger partial charge < -0.3 is 15.4 Å². The summed E-state index contributed by atoms with van der Waals surface area (Å²) in [6.07, 6.45) is -3.31. The van der Waals surface area contributed by atoms with Crippen molar-refractivity contribution < 1.29 is 17.9 Å². The minimum absolute atomic E-state index is 0.269. The maximum atomic E-state index is 12.7. The third kappa shape index (κ3) is 7.36. The Bertz CT molecular complexity index is 704. The van der Waals surface area contributed by atoms with Crippen LogP contribution < -0.4 is 10.6 Å². The largest absolute Gasteiger partial charge is 0.416 e. The summed E-state index contributed by atoms with van der Waals surface area (Å²) >= 11 is 0. The Morgan fingerprint density at radius 3 is 2.55 bits per heavy atom. The van der Waals surface area contributed by atoms with Crippen LogP contribution in [0.1, 0.15) is 31.4 Å². The molecule has 2 atom stereocenters. The van der Waals surface area contributed by atoms with Crippen molar-refractivity contribution in [2.75, 3.05) is 52.5 Å². The van der Waals surface area contributed by atoms with Gasteiger partial charge in [0, 0.05) is 51.4 Å². The van der Waals surface area contributed by atoms with Crippen LogP contribution in [0, 0.1) is 0 Å². The summed E-state index contributed by atoms with van der Waals surface area (Å²) in [5.74, 6) is 0.823. The van der Waals surface area contributed by atoms with Gasteiger partial charge in [0.25, 0.3) is 0 Å². The van der Waals surface area contributed by atoms with E-state index in [-0.39, 0.29) is 6.04 Å². The molecule has 1 aromatic carbocycles. The molecule has 174 valence electrons. The lowest BCUT2D eigenvalue weighted by Crippen LogP contribution is -2.46. The first kappa shape index (κ1) is 23.8. The highest BCUT2D eigenvalue weighted by molar-refractivity contribution is 5.80. The van der Waals surface area contributed by atoms with Gasteiger partial charge in [-0.3, -0.25) is 14.8 Å². The molecule has 3 rings (SSSR count). The third-order valence-corrected chi connectivity index (χ3v) is 5.83. The lowest BCUT2D eigenvalue weighted by Gasteiger charge is -2.31. The van der Waals surface area contributed by atoms with Crippen molar-refractivity contribution in [3.63, 3.8) is 0 Å². The summed E-state index contributed by atoms with van der Waals surface area (Å²) in [5, 5.41) is 6.85. The average Bonchev–Trinajstić information content (AvgIpc) is 3.19. The van der Waals surface area contributed by atoms with Gasteiger partial charge in [-0.15, -0.1) is 0 Å². The summed E-state index contributed by atoms with van der Waals surface area (Å²) in [6, 6.07) is 6.09. The summed E-state index contributed by atoms with van der Waals surface area (Å²) in [5.41, 5.74) is 0.295. The molecule has 0 spiro atoms. The van der Waals surface area contributed by atoms with Gasteiger partial charge in [0.2, 0.25) is 0 Å². The zero-order chi connectivity index (χ0) is 22.3. The van der Waals surface area contributed by atoms with E-state index in [9.17, 15) is 13.2 Å². The molecule has 2 saturated heterocycles. The number of benzene rings is 1. The number of rotatable bonds is 7. The van der Waals surface area contributed by atoms with E-state index >= 15 is 0 Å². The molecule has 2 unspecified atom stereocenters. The zero-order valence-electron chi connectivity index (χ0n) is 18.4. The van der Waals surface area contributed by atoms with Gasteiger partial charge in [0.1, 0.15) is 0 Å². The molecule has 0 aliphatic carbocycles. The van der Waals surface area contributed by atoms with Crippen LogP contribution in [0.15, 0.2) is 29.3 Å². The lowest BCUT2D eigenvalue weighted by atomic mass is 10.1. The van der Waals surface area contributed by atoms with Gasteiger partial charge in [0.05, 0.1) is 25.3 Å². The van der Waals surface area contributed by atoms with E-state index in [1.54, 1.807) is 12.1 Å². The van der Waals surface area contributed by atoms with Gasteiger partial charge in [-0.2, -0.15) is 13.2 Å². The molecule has 0 bridgehead atoms. The van der Waals surface area contributed by atoms with Crippen LogP contribution in [0.25, 0.3) is 0 Å². The topological polar surface area (TPSA) is 52.1 Å². The number of halogens is 3. The minimum Gasteiger partial charge on any atom is -0.379 e. The van der Waals surface area contributed by atoms with E-state index in [1.165, 1.54) is 0 Å². The van der Waals surface area contributed by atoms with Crippen LogP contribution in [-0.2, 0) is 17.5 Å². The Labute approximate surface area is 182 Å². The van der Waals surface area contributed by atoms with E-state index in [1.807, 2.05) is 6.92 Å². The van der Waals surface area contributed by atoms with Gasteiger partial charge in [-0.1, -0.05) is 12.1 Å². The summed E-state index contributed by atoms with van der Waals surface area (Å²) in [7, 11) is 0. The van der Waals surface area contributed by atoms with Crippen LogP contribution in [0.4, 0.5) is 13.2 Å². The number of hydrogen-bond acceptors (Lipinski definition) is 4. The SMILES string of the molecule is CCNC(=NCC(C)N1CCOCC1)NC1CCN(Cc2ccc(C(F)(F)F)cc2)C1. The second kappa shape index (κ2) is 11.2. The number of aliphatic imine (C=N–C) groups is 1. The van der Waals surface area contributed by atoms with Gasteiger partial charge >= 0.3 is 6.18 Å². The molecule has 0 radical (unpaired) electrons. The number of nitrogens with one attached hydrogen (secondary N) is 2. The standard InChI is InChI=1S/C22H34F3N5O/c1-3-26-21(27-14-17(2)30-10-12-31-13-11-30)28-20-8-9-29(16-20)15-18-4-6-19(7-5-18)22(23,24)25/h4-7,17,20H,3,8-16H2,1-2H3,(H2,26,27,28). The molecule has 1 aromatic rings. The molecule has 0 amide bonds. The highest BCUT2D eigenvalue weighted by atomic mass is 19.4. The van der Waals surface area contributed by atoms with Crippen LogP contribution in [0.5, 0.6) is 0 Å². The predicted octanol–water partition coefficient (Wildman–Crippen LogP) is 2.56. The van der Waals surface area contributed by atoms with Crippen molar-refractivity contribution in [1.29, 1.82) is 0 Å². The van der Waals surface area contributed by atoms with Crippen LogP contribution in [-0.4, -0.2) is 80.3 Å². The summed E-state index contributed by atoms with van der Waals surface area (Å²) in [6.45, 7) is 11.6. The molecule has 9 heteroatoms. The van der Waals surface area contributed by atoms with E-state index in [0.717, 1.165) is 82.6 Å².